The van der Waals surface area contributed by atoms with Gasteiger partial charge in [-0.1, -0.05) is 26.3 Å². The second-order valence-corrected chi connectivity index (χ2v) is 6.40. The molecule has 0 heterocycles. The highest BCUT2D eigenvalue weighted by atomic mass is 16.4. The number of aliphatic carboxylic acids is 1. The average Bonchev–Trinajstić information content (AvgIpc) is 2.38. The van der Waals surface area contributed by atoms with Crippen LogP contribution in [0.2, 0.25) is 0 Å². The minimum atomic E-state index is -1.06. The van der Waals surface area contributed by atoms with Crippen LogP contribution in [0.25, 0.3) is 0 Å². The number of amides is 2. The van der Waals surface area contributed by atoms with Crippen LogP contribution in [0.3, 0.4) is 0 Å². The van der Waals surface area contributed by atoms with E-state index in [1.165, 1.54) is 0 Å². The third-order valence-electron chi connectivity index (χ3n) is 4.08. The molecule has 3 N–H and O–H groups in total. The van der Waals surface area contributed by atoms with Gasteiger partial charge >= 0.3 is 5.97 Å². The molecule has 1 fully saturated rings. The van der Waals surface area contributed by atoms with Gasteiger partial charge in [0.1, 0.15) is 6.04 Å². The van der Waals surface area contributed by atoms with E-state index in [1.807, 2.05) is 13.8 Å². The van der Waals surface area contributed by atoms with Crippen molar-refractivity contribution < 1.29 is 19.5 Å². The Balaban J connectivity index is 2.46. The van der Waals surface area contributed by atoms with E-state index in [2.05, 4.69) is 17.2 Å². The first kappa shape index (κ1) is 18.2. The normalized spacial score (nSPS) is 17.2. The van der Waals surface area contributed by atoms with Crippen molar-refractivity contribution in [2.24, 2.45) is 11.3 Å². The Labute approximate surface area is 131 Å². The summed E-state index contributed by atoms with van der Waals surface area (Å²) >= 11 is 0. The number of carboxylic acids is 1. The maximum atomic E-state index is 12.2. The number of allylic oxidation sites excluding steroid dienone is 1. The second kappa shape index (κ2) is 7.96. The molecule has 6 heteroatoms. The van der Waals surface area contributed by atoms with Crippen molar-refractivity contribution >= 4 is 17.8 Å². The Morgan fingerprint density at radius 1 is 1.32 bits per heavy atom. The van der Waals surface area contributed by atoms with Gasteiger partial charge in [0.05, 0.1) is 12.0 Å². The highest BCUT2D eigenvalue weighted by molar-refractivity contribution is 5.90. The van der Waals surface area contributed by atoms with Gasteiger partial charge in [0.15, 0.2) is 0 Å². The van der Waals surface area contributed by atoms with Crippen LogP contribution >= 0.6 is 0 Å². The average molecular weight is 310 g/mol. The van der Waals surface area contributed by atoms with Gasteiger partial charge in [0.2, 0.25) is 11.8 Å². The van der Waals surface area contributed by atoms with E-state index < -0.39 is 23.3 Å². The SMILES string of the molecule is C=CCC1(C(=O)NCC(=O)N[C@@H](CC(C)C)C(=O)O)CCC1. The van der Waals surface area contributed by atoms with E-state index in [0.717, 1.165) is 19.3 Å². The second-order valence-electron chi connectivity index (χ2n) is 6.40. The van der Waals surface area contributed by atoms with Crippen molar-refractivity contribution in [1.29, 1.82) is 0 Å². The molecule has 1 saturated carbocycles. The Kier molecular flexibility index (Phi) is 6.59. The molecule has 124 valence electrons. The standard InChI is InChI=1S/C16H26N2O4/c1-4-6-16(7-5-8-16)15(22)17-10-13(19)18-12(14(20)21)9-11(2)3/h4,11-12H,1,5-10H2,2-3H3,(H,17,22)(H,18,19)(H,20,21)/t12-/m0/s1. The molecule has 1 rings (SSSR count). The van der Waals surface area contributed by atoms with Gasteiger partial charge < -0.3 is 15.7 Å². The lowest BCUT2D eigenvalue weighted by molar-refractivity contribution is -0.142. The summed E-state index contributed by atoms with van der Waals surface area (Å²) in [7, 11) is 0. The Morgan fingerprint density at radius 2 is 1.95 bits per heavy atom. The number of hydrogen-bond acceptors (Lipinski definition) is 3. The number of carbonyl (C=O) groups is 3. The van der Waals surface area contributed by atoms with Crippen LogP contribution in [0.1, 0.15) is 46.0 Å². The van der Waals surface area contributed by atoms with Gasteiger partial charge in [-0.25, -0.2) is 4.79 Å². The fourth-order valence-corrected chi connectivity index (χ4v) is 2.69. The zero-order valence-electron chi connectivity index (χ0n) is 13.4. The maximum Gasteiger partial charge on any atom is 0.326 e. The van der Waals surface area contributed by atoms with Crippen LogP contribution in [0.15, 0.2) is 12.7 Å². The quantitative estimate of drug-likeness (QED) is 0.562. The van der Waals surface area contributed by atoms with Gasteiger partial charge in [0, 0.05) is 0 Å². The molecule has 0 spiro atoms. The Hall–Kier alpha value is -1.85. The lowest BCUT2D eigenvalue weighted by Gasteiger charge is -2.39. The van der Waals surface area contributed by atoms with Crippen molar-refractivity contribution in [3.63, 3.8) is 0 Å². The van der Waals surface area contributed by atoms with Crippen molar-refractivity contribution in [2.45, 2.75) is 52.0 Å². The first-order valence-electron chi connectivity index (χ1n) is 7.72. The topological polar surface area (TPSA) is 95.5 Å². The maximum absolute atomic E-state index is 12.2. The molecule has 0 saturated heterocycles. The highest BCUT2D eigenvalue weighted by Crippen LogP contribution is 2.44. The van der Waals surface area contributed by atoms with E-state index in [0.29, 0.717) is 12.8 Å². The molecule has 0 radical (unpaired) electrons. The van der Waals surface area contributed by atoms with Crippen LogP contribution < -0.4 is 10.6 Å². The van der Waals surface area contributed by atoms with Crippen LogP contribution in [-0.4, -0.2) is 35.5 Å². The first-order valence-corrected chi connectivity index (χ1v) is 7.72. The Bertz CT molecular complexity index is 441. The Morgan fingerprint density at radius 3 is 2.36 bits per heavy atom. The third-order valence-corrected chi connectivity index (χ3v) is 4.08. The van der Waals surface area contributed by atoms with Crippen molar-refractivity contribution in [2.75, 3.05) is 6.54 Å². The summed E-state index contributed by atoms with van der Waals surface area (Å²) in [5.74, 6) is -1.53. The van der Waals surface area contributed by atoms with E-state index in [1.54, 1.807) is 6.08 Å². The van der Waals surface area contributed by atoms with Gasteiger partial charge in [-0.05, 0) is 31.6 Å². The van der Waals surface area contributed by atoms with Crippen molar-refractivity contribution in [1.82, 2.24) is 10.6 Å². The van der Waals surface area contributed by atoms with E-state index in [9.17, 15) is 14.4 Å². The molecule has 1 aliphatic rings. The predicted octanol–water partition coefficient (Wildman–Crippen LogP) is 1.46. The zero-order valence-corrected chi connectivity index (χ0v) is 13.4. The lowest BCUT2D eigenvalue weighted by atomic mass is 9.66. The van der Waals surface area contributed by atoms with Gasteiger partial charge in [0.25, 0.3) is 0 Å². The van der Waals surface area contributed by atoms with Crippen LogP contribution in [0.5, 0.6) is 0 Å². The van der Waals surface area contributed by atoms with Crippen LogP contribution in [0, 0.1) is 11.3 Å². The molecule has 0 aliphatic heterocycles. The fraction of sp³-hybridized carbons (Fsp3) is 0.688. The molecule has 0 unspecified atom stereocenters. The number of nitrogens with one attached hydrogen (secondary N) is 2. The molecule has 0 aromatic heterocycles. The summed E-state index contributed by atoms with van der Waals surface area (Å²) in [6, 6.07) is -0.921. The molecule has 6 nitrogen and oxygen atoms in total. The summed E-state index contributed by atoms with van der Waals surface area (Å²) in [6.45, 7) is 7.25. The molecule has 0 aromatic rings. The molecular weight excluding hydrogens is 284 g/mol. The predicted molar refractivity (Wildman–Crippen MR) is 83.1 cm³/mol. The third kappa shape index (κ3) is 4.86. The minimum absolute atomic E-state index is 0.149. The summed E-state index contributed by atoms with van der Waals surface area (Å²) < 4.78 is 0. The molecule has 0 aromatic carbocycles. The lowest BCUT2D eigenvalue weighted by Crippen LogP contribution is -2.50. The van der Waals surface area contributed by atoms with Crippen LogP contribution in [-0.2, 0) is 14.4 Å². The fourth-order valence-electron chi connectivity index (χ4n) is 2.69. The summed E-state index contributed by atoms with van der Waals surface area (Å²) in [5.41, 5.74) is -0.424. The van der Waals surface area contributed by atoms with Gasteiger partial charge in [-0.3, -0.25) is 9.59 Å². The van der Waals surface area contributed by atoms with Gasteiger partial charge in [-0.15, -0.1) is 6.58 Å². The summed E-state index contributed by atoms with van der Waals surface area (Å²) in [4.78, 5) is 35.1. The molecule has 2 amide bonds. The first-order chi connectivity index (χ1) is 10.3. The van der Waals surface area contributed by atoms with Crippen LogP contribution in [0.4, 0.5) is 0 Å². The number of carbonyl (C=O) groups excluding carboxylic acids is 2. The minimum Gasteiger partial charge on any atom is -0.480 e. The number of hydrogen-bond donors (Lipinski definition) is 3. The molecule has 0 bridgehead atoms. The van der Waals surface area contributed by atoms with Crippen molar-refractivity contribution in [3.05, 3.63) is 12.7 Å². The summed E-state index contributed by atoms with van der Waals surface area (Å²) in [6.07, 6.45) is 5.29. The van der Waals surface area contributed by atoms with Gasteiger partial charge in [-0.2, -0.15) is 0 Å². The monoisotopic (exact) mass is 310 g/mol. The highest BCUT2D eigenvalue weighted by Gasteiger charge is 2.42. The molecular formula is C16H26N2O4. The molecule has 1 aliphatic carbocycles. The van der Waals surface area contributed by atoms with E-state index in [4.69, 9.17) is 5.11 Å². The summed E-state index contributed by atoms with van der Waals surface area (Å²) in [5, 5.41) is 14.1. The smallest absolute Gasteiger partial charge is 0.326 e. The molecule has 22 heavy (non-hydrogen) atoms. The zero-order chi connectivity index (χ0) is 16.8. The largest absolute Gasteiger partial charge is 0.480 e. The number of carboxylic acid groups (broad SMARTS) is 1. The number of rotatable bonds is 9. The van der Waals surface area contributed by atoms with Crippen molar-refractivity contribution in [3.8, 4) is 0 Å². The molecule has 1 atom stereocenters. The van der Waals surface area contributed by atoms with E-state index >= 15 is 0 Å². The van der Waals surface area contributed by atoms with E-state index in [-0.39, 0.29) is 18.4 Å².